The van der Waals surface area contributed by atoms with E-state index in [9.17, 15) is 0 Å². The zero-order valence-electron chi connectivity index (χ0n) is 17.6. The fraction of sp³-hybridized carbons (Fsp3) is 0. The summed E-state index contributed by atoms with van der Waals surface area (Å²) in [6.07, 6.45) is 0. The van der Waals surface area contributed by atoms with Crippen LogP contribution in [-0.4, -0.2) is 4.57 Å². The van der Waals surface area contributed by atoms with Crippen molar-refractivity contribution in [3.8, 4) is 16.8 Å². The number of furan rings is 1. The molecule has 0 unspecified atom stereocenters. The summed E-state index contributed by atoms with van der Waals surface area (Å²) in [6, 6.07) is 37.7. The third-order valence-electron chi connectivity index (χ3n) is 6.48. The van der Waals surface area contributed by atoms with Crippen LogP contribution >= 0.6 is 11.6 Å². The van der Waals surface area contributed by atoms with E-state index in [0.717, 1.165) is 54.8 Å². The zero-order chi connectivity index (χ0) is 21.9. The summed E-state index contributed by atoms with van der Waals surface area (Å²) in [5.74, 6) is 0. The Hall–Kier alpha value is -4.01. The van der Waals surface area contributed by atoms with Gasteiger partial charge in [0.1, 0.15) is 11.2 Å². The molecule has 7 aromatic rings. The van der Waals surface area contributed by atoms with Gasteiger partial charge in [-0.15, -0.1) is 0 Å². The first kappa shape index (κ1) is 18.6. The molecule has 0 radical (unpaired) electrons. The Kier molecular flexibility index (Phi) is 3.93. The number of aromatic nitrogens is 1. The third-order valence-corrected chi connectivity index (χ3v) is 6.71. The maximum atomic E-state index is 6.46. The Bertz CT molecular complexity index is 1840. The number of para-hydroxylation sites is 4. The Morgan fingerprint density at radius 2 is 1.24 bits per heavy atom. The minimum absolute atomic E-state index is 0.725. The van der Waals surface area contributed by atoms with Gasteiger partial charge in [0.15, 0.2) is 0 Å². The predicted molar refractivity (Wildman–Crippen MR) is 139 cm³/mol. The number of nitrogens with zero attached hydrogens (tertiary/aromatic N) is 1. The van der Waals surface area contributed by atoms with Crippen molar-refractivity contribution in [2.75, 3.05) is 0 Å². The van der Waals surface area contributed by atoms with Crippen LogP contribution in [0.15, 0.2) is 114 Å². The lowest BCUT2D eigenvalue weighted by molar-refractivity contribution is 0.670. The van der Waals surface area contributed by atoms with Crippen molar-refractivity contribution in [2.24, 2.45) is 0 Å². The maximum Gasteiger partial charge on any atom is 0.143 e. The van der Waals surface area contributed by atoms with Crippen molar-refractivity contribution in [2.45, 2.75) is 0 Å². The van der Waals surface area contributed by atoms with E-state index in [1.165, 1.54) is 10.8 Å². The number of benzene rings is 5. The summed E-state index contributed by atoms with van der Waals surface area (Å²) in [6.45, 7) is 0. The monoisotopic (exact) mass is 443 g/mol. The van der Waals surface area contributed by atoms with Gasteiger partial charge in [-0.2, -0.15) is 0 Å². The van der Waals surface area contributed by atoms with Crippen molar-refractivity contribution >= 4 is 55.3 Å². The topological polar surface area (TPSA) is 18.1 Å². The molecule has 0 aliphatic heterocycles. The molecule has 0 amide bonds. The van der Waals surface area contributed by atoms with Gasteiger partial charge in [0.2, 0.25) is 0 Å². The van der Waals surface area contributed by atoms with Gasteiger partial charge in [-0.05, 0) is 30.3 Å². The van der Waals surface area contributed by atoms with Gasteiger partial charge >= 0.3 is 0 Å². The summed E-state index contributed by atoms with van der Waals surface area (Å²) in [4.78, 5) is 0. The molecule has 0 saturated heterocycles. The maximum absolute atomic E-state index is 6.46. The van der Waals surface area contributed by atoms with E-state index in [4.69, 9.17) is 16.0 Å². The van der Waals surface area contributed by atoms with Gasteiger partial charge in [-0.25, -0.2) is 0 Å². The van der Waals surface area contributed by atoms with Crippen molar-refractivity contribution in [1.29, 1.82) is 0 Å². The normalized spacial score (nSPS) is 11.8. The smallest absolute Gasteiger partial charge is 0.143 e. The molecule has 0 aliphatic carbocycles. The minimum atomic E-state index is 0.725. The van der Waals surface area contributed by atoms with Gasteiger partial charge in [0.05, 0.1) is 16.7 Å². The van der Waals surface area contributed by atoms with E-state index in [1.54, 1.807) is 0 Å². The highest BCUT2D eigenvalue weighted by Gasteiger charge is 2.18. The summed E-state index contributed by atoms with van der Waals surface area (Å²) in [7, 11) is 0. The Morgan fingerprint density at radius 1 is 0.545 bits per heavy atom. The molecule has 156 valence electrons. The molecule has 2 heterocycles. The molecule has 2 nitrogen and oxygen atoms in total. The standard InChI is InChI=1S/C30H18ClNO/c31-19-16-17-22-20-8-1-4-13-26(20)32(28(22)18-19)27-14-5-2-9-21(27)24-11-7-12-25-23-10-3-6-15-29(23)33-30(24)25/h1-18H. The first-order valence-electron chi connectivity index (χ1n) is 11.0. The Balaban J connectivity index is 1.60. The van der Waals surface area contributed by atoms with Gasteiger partial charge in [0, 0.05) is 37.7 Å². The quantitative estimate of drug-likeness (QED) is 0.260. The average Bonchev–Trinajstić information content (AvgIpc) is 3.39. The second-order valence-corrected chi connectivity index (χ2v) is 8.75. The van der Waals surface area contributed by atoms with Crippen LogP contribution in [0, 0.1) is 0 Å². The van der Waals surface area contributed by atoms with Crippen LogP contribution in [0.1, 0.15) is 0 Å². The van der Waals surface area contributed by atoms with E-state index in [0.29, 0.717) is 0 Å². The predicted octanol–water partition coefficient (Wildman–Crippen LogP) is 9.00. The molecule has 0 spiro atoms. The van der Waals surface area contributed by atoms with E-state index in [2.05, 4.69) is 95.6 Å². The van der Waals surface area contributed by atoms with E-state index in [-0.39, 0.29) is 0 Å². The van der Waals surface area contributed by atoms with Crippen LogP contribution in [0.2, 0.25) is 5.02 Å². The second-order valence-electron chi connectivity index (χ2n) is 8.31. The van der Waals surface area contributed by atoms with Gasteiger partial charge in [-0.1, -0.05) is 90.5 Å². The Morgan fingerprint density at radius 3 is 2.18 bits per heavy atom. The van der Waals surface area contributed by atoms with Crippen molar-refractivity contribution in [3.63, 3.8) is 0 Å². The lowest BCUT2D eigenvalue weighted by Crippen LogP contribution is -1.97. The number of rotatable bonds is 2. The molecule has 33 heavy (non-hydrogen) atoms. The molecule has 0 aliphatic rings. The highest BCUT2D eigenvalue weighted by Crippen LogP contribution is 2.40. The second kappa shape index (κ2) is 6.99. The zero-order valence-corrected chi connectivity index (χ0v) is 18.4. The molecule has 7 rings (SSSR count). The summed E-state index contributed by atoms with van der Waals surface area (Å²) in [5.41, 5.74) is 7.34. The number of hydrogen-bond donors (Lipinski definition) is 0. The fourth-order valence-corrected chi connectivity index (χ4v) is 5.23. The van der Waals surface area contributed by atoms with E-state index in [1.807, 2.05) is 18.2 Å². The molecule has 0 fully saturated rings. The fourth-order valence-electron chi connectivity index (χ4n) is 5.06. The molecular formula is C30H18ClNO. The number of hydrogen-bond acceptors (Lipinski definition) is 1. The Labute approximate surface area is 195 Å². The number of fused-ring (bicyclic) bond motifs is 6. The molecular weight excluding hydrogens is 426 g/mol. The van der Waals surface area contributed by atoms with Crippen LogP contribution in [0.3, 0.4) is 0 Å². The molecule has 0 saturated carbocycles. The third kappa shape index (κ3) is 2.68. The molecule has 0 bridgehead atoms. The lowest BCUT2D eigenvalue weighted by Gasteiger charge is -2.14. The van der Waals surface area contributed by atoms with E-state index < -0.39 is 0 Å². The molecule has 0 N–H and O–H groups in total. The van der Waals surface area contributed by atoms with Crippen LogP contribution in [0.4, 0.5) is 0 Å². The van der Waals surface area contributed by atoms with Crippen molar-refractivity contribution < 1.29 is 4.42 Å². The van der Waals surface area contributed by atoms with Crippen molar-refractivity contribution in [1.82, 2.24) is 4.57 Å². The highest BCUT2D eigenvalue weighted by atomic mass is 35.5. The van der Waals surface area contributed by atoms with Crippen LogP contribution in [-0.2, 0) is 0 Å². The SMILES string of the molecule is Clc1ccc2c3ccccc3n(-c3ccccc3-c3cccc4c3oc3ccccc34)c2c1. The summed E-state index contributed by atoms with van der Waals surface area (Å²) in [5, 5.41) is 5.38. The molecule has 2 aromatic heterocycles. The first-order chi connectivity index (χ1) is 16.3. The average molecular weight is 444 g/mol. The van der Waals surface area contributed by atoms with Gasteiger partial charge < -0.3 is 8.98 Å². The molecule has 3 heteroatoms. The van der Waals surface area contributed by atoms with Gasteiger partial charge in [-0.3, -0.25) is 0 Å². The first-order valence-corrected chi connectivity index (χ1v) is 11.4. The summed E-state index contributed by atoms with van der Waals surface area (Å²) < 4.78 is 8.69. The summed E-state index contributed by atoms with van der Waals surface area (Å²) >= 11 is 6.46. The van der Waals surface area contributed by atoms with Crippen molar-refractivity contribution in [3.05, 3.63) is 114 Å². The van der Waals surface area contributed by atoms with Crippen LogP contribution < -0.4 is 0 Å². The highest BCUT2D eigenvalue weighted by molar-refractivity contribution is 6.31. The lowest BCUT2D eigenvalue weighted by atomic mass is 10.0. The largest absolute Gasteiger partial charge is 0.455 e. The molecule has 5 aromatic carbocycles. The van der Waals surface area contributed by atoms with Gasteiger partial charge in [0.25, 0.3) is 0 Å². The number of halogens is 1. The van der Waals surface area contributed by atoms with E-state index >= 15 is 0 Å². The minimum Gasteiger partial charge on any atom is -0.455 e. The van der Waals surface area contributed by atoms with Crippen LogP contribution in [0.25, 0.3) is 60.6 Å². The molecule has 0 atom stereocenters. The van der Waals surface area contributed by atoms with Crippen LogP contribution in [0.5, 0.6) is 0 Å².